The second-order valence-corrected chi connectivity index (χ2v) is 13.4. The minimum absolute atomic E-state index is 0.0427. The lowest BCUT2D eigenvalue weighted by atomic mass is 9.73. The first-order valence-corrected chi connectivity index (χ1v) is 17.3. The number of primary amides is 1. The highest BCUT2D eigenvalue weighted by Crippen LogP contribution is 2.37. The van der Waals surface area contributed by atoms with Crippen molar-refractivity contribution in [1.29, 1.82) is 0 Å². The quantitative estimate of drug-likeness (QED) is 0.167. The van der Waals surface area contributed by atoms with Gasteiger partial charge in [-0.1, -0.05) is 50.2 Å². The number of nitrogens with two attached hydrogens (primary N) is 1. The minimum atomic E-state index is -1.48. The molecule has 3 rings (SSSR count). The zero-order valence-corrected chi connectivity index (χ0v) is 30.5. The molecule has 1 unspecified atom stereocenters. The van der Waals surface area contributed by atoms with E-state index in [4.69, 9.17) is 29.4 Å². The van der Waals surface area contributed by atoms with Crippen LogP contribution in [0.2, 0.25) is 0 Å². The molecule has 4 amide bonds. The number of likely N-dealkylation sites (tertiary alicyclic amines) is 1. The predicted molar refractivity (Wildman–Crippen MR) is 188 cm³/mol. The third-order valence-electron chi connectivity index (χ3n) is 8.33. The summed E-state index contributed by atoms with van der Waals surface area (Å²) < 4.78 is 26.4. The third-order valence-corrected chi connectivity index (χ3v) is 8.33. The van der Waals surface area contributed by atoms with E-state index in [0.29, 0.717) is 11.5 Å². The van der Waals surface area contributed by atoms with Crippen molar-refractivity contribution in [3.8, 4) is 11.5 Å². The van der Waals surface area contributed by atoms with Crippen molar-refractivity contribution in [3.63, 3.8) is 0 Å². The first kappa shape index (κ1) is 41.1. The molecule has 0 aliphatic carbocycles. The Bertz CT molecular complexity index is 1540. The number of carbonyl (C=O) groups excluding carboxylic acids is 6. The summed E-state index contributed by atoms with van der Waals surface area (Å²) in [6.45, 7) is 9.82. The van der Waals surface area contributed by atoms with E-state index < -0.39 is 65.8 Å². The Morgan fingerprint density at radius 2 is 1.46 bits per heavy atom. The molecule has 284 valence electrons. The second-order valence-electron chi connectivity index (χ2n) is 13.4. The molecule has 0 aromatic heterocycles. The van der Waals surface area contributed by atoms with Gasteiger partial charge in [0, 0.05) is 20.0 Å². The van der Waals surface area contributed by atoms with Crippen molar-refractivity contribution < 1.29 is 52.5 Å². The van der Waals surface area contributed by atoms with Crippen LogP contribution in [0.25, 0.3) is 0 Å². The lowest BCUT2D eigenvalue weighted by molar-refractivity contribution is -0.173. The van der Waals surface area contributed by atoms with E-state index in [1.807, 2.05) is 32.9 Å². The van der Waals surface area contributed by atoms with Crippen molar-refractivity contribution in [2.45, 2.75) is 91.7 Å². The Kier molecular flexibility index (Phi) is 15.3. The van der Waals surface area contributed by atoms with Gasteiger partial charge < -0.3 is 45.0 Å². The Morgan fingerprint density at radius 1 is 0.827 bits per heavy atom. The molecule has 4 N–H and O–H groups in total. The molecule has 1 aliphatic heterocycles. The van der Waals surface area contributed by atoms with Gasteiger partial charge in [-0.05, 0) is 76.1 Å². The number of hydrogen-bond donors (Lipinski definition) is 3. The first-order valence-electron chi connectivity index (χ1n) is 17.3. The molecule has 0 bridgehead atoms. The molecule has 3 atom stereocenters. The fourth-order valence-electron chi connectivity index (χ4n) is 5.60. The maximum Gasteiger partial charge on any atom is 0.511 e. The Labute approximate surface area is 303 Å². The maximum absolute atomic E-state index is 13.8. The van der Waals surface area contributed by atoms with Crippen LogP contribution in [0.15, 0.2) is 54.6 Å². The number of piperidine rings is 1. The number of benzene rings is 2. The molecule has 52 heavy (non-hydrogen) atoms. The molecule has 0 spiro atoms. The van der Waals surface area contributed by atoms with Gasteiger partial charge in [0.25, 0.3) is 5.91 Å². The molecule has 15 nitrogen and oxygen atoms in total. The highest BCUT2D eigenvalue weighted by Gasteiger charge is 2.45. The fraction of sp³-hybridized carbons (Fsp3) is 0.514. The lowest BCUT2D eigenvalue weighted by Crippen LogP contribution is -2.57. The van der Waals surface area contributed by atoms with Crippen LogP contribution in [0.3, 0.4) is 0 Å². The summed E-state index contributed by atoms with van der Waals surface area (Å²) in [7, 11) is 0. The van der Waals surface area contributed by atoms with Crippen LogP contribution in [-0.2, 0) is 33.4 Å². The molecule has 2 aromatic carbocycles. The van der Waals surface area contributed by atoms with Crippen LogP contribution in [-0.4, -0.2) is 85.0 Å². The summed E-state index contributed by atoms with van der Waals surface area (Å²) in [6, 6.07) is 13.1. The molecule has 0 radical (unpaired) electrons. The third kappa shape index (κ3) is 12.8. The molecule has 2 aromatic rings. The molecule has 1 saturated heterocycles. The van der Waals surface area contributed by atoms with E-state index in [0.717, 1.165) is 5.56 Å². The van der Waals surface area contributed by atoms with Crippen molar-refractivity contribution in [2.24, 2.45) is 17.1 Å². The number of amides is 4. The number of hydrogen-bond acceptors (Lipinski definition) is 11. The number of nitrogens with zero attached hydrogens (tertiary/aromatic N) is 1. The SMILES string of the molecule is Cc1ccccc1OCC(=O)N[C@@H](CC(C)C)C(=O)N[C@@H](CC1(C(N)=O)CCN(C(=O)Oc2ccccc2)CC1)C(=O)OC(C)OC(=O)OC(C)C. The maximum atomic E-state index is 13.8. The van der Waals surface area contributed by atoms with E-state index in [2.05, 4.69) is 10.6 Å². The lowest BCUT2D eigenvalue weighted by Gasteiger charge is -2.40. The van der Waals surface area contributed by atoms with Gasteiger partial charge in [-0.2, -0.15) is 0 Å². The summed E-state index contributed by atoms with van der Waals surface area (Å²) in [5.74, 6) is -2.27. The Balaban J connectivity index is 1.79. The molecule has 1 fully saturated rings. The standard InChI is InChI=1S/C37H50N4O11/c1-23(2)20-28(39-31(42)22-48-30-15-11-10-12-25(30)5)32(43)40-29(33(44)50-26(6)51-36(47)49-24(3)4)21-37(34(38)45)16-18-41(19-17-37)35(46)52-27-13-8-7-9-14-27/h7-15,23-24,26,28-29H,16-22H2,1-6H3,(H2,38,45)(H,39,42)(H,40,43)/t26?,28-,29-/m0/s1. The average Bonchev–Trinajstić information content (AvgIpc) is 3.07. The smallest absolute Gasteiger partial charge is 0.484 e. The summed E-state index contributed by atoms with van der Waals surface area (Å²) in [4.78, 5) is 79.8. The van der Waals surface area contributed by atoms with Crippen LogP contribution < -0.4 is 25.8 Å². The van der Waals surface area contributed by atoms with Gasteiger partial charge in [0.15, 0.2) is 6.61 Å². The van der Waals surface area contributed by atoms with Gasteiger partial charge in [0.05, 0.1) is 11.5 Å². The van der Waals surface area contributed by atoms with E-state index in [-0.39, 0.29) is 51.3 Å². The van der Waals surface area contributed by atoms with Crippen molar-refractivity contribution in [3.05, 3.63) is 60.2 Å². The highest BCUT2D eigenvalue weighted by atomic mass is 16.8. The zero-order valence-electron chi connectivity index (χ0n) is 30.5. The number of nitrogens with one attached hydrogen (secondary N) is 2. The molecule has 1 heterocycles. The van der Waals surface area contributed by atoms with Gasteiger partial charge in [-0.15, -0.1) is 0 Å². The number of ether oxygens (including phenoxy) is 5. The predicted octanol–water partition coefficient (Wildman–Crippen LogP) is 4.00. The number of para-hydroxylation sites is 2. The van der Waals surface area contributed by atoms with Crippen molar-refractivity contribution in [1.82, 2.24) is 15.5 Å². The first-order chi connectivity index (χ1) is 24.6. The highest BCUT2D eigenvalue weighted by molar-refractivity contribution is 5.92. The van der Waals surface area contributed by atoms with E-state index in [1.54, 1.807) is 56.3 Å². The number of carbonyl (C=O) groups is 6. The minimum Gasteiger partial charge on any atom is -0.484 e. The average molecular weight is 727 g/mol. The van der Waals surface area contributed by atoms with E-state index in [9.17, 15) is 28.8 Å². The topological polar surface area (TPSA) is 202 Å². The summed E-state index contributed by atoms with van der Waals surface area (Å²) >= 11 is 0. The van der Waals surface area contributed by atoms with Gasteiger partial charge in [-0.3, -0.25) is 14.4 Å². The Morgan fingerprint density at radius 3 is 2.06 bits per heavy atom. The second kappa shape index (κ2) is 19.3. The van der Waals surface area contributed by atoms with Crippen LogP contribution in [0, 0.1) is 18.3 Å². The largest absolute Gasteiger partial charge is 0.511 e. The van der Waals surface area contributed by atoms with Crippen molar-refractivity contribution >= 4 is 35.9 Å². The zero-order chi connectivity index (χ0) is 38.4. The van der Waals surface area contributed by atoms with Crippen LogP contribution >= 0.6 is 0 Å². The van der Waals surface area contributed by atoms with Crippen LogP contribution in [0.5, 0.6) is 11.5 Å². The van der Waals surface area contributed by atoms with Crippen LogP contribution in [0.4, 0.5) is 9.59 Å². The number of rotatable bonds is 16. The molecule has 15 heteroatoms. The van der Waals surface area contributed by atoms with Crippen molar-refractivity contribution in [2.75, 3.05) is 19.7 Å². The fourth-order valence-corrected chi connectivity index (χ4v) is 5.60. The number of aryl methyl sites for hydroxylation is 1. The van der Waals surface area contributed by atoms with Gasteiger partial charge in [0.2, 0.25) is 18.1 Å². The normalized spacial score (nSPS) is 15.4. The Hall–Kier alpha value is -5.34. The monoisotopic (exact) mass is 726 g/mol. The van der Waals surface area contributed by atoms with E-state index >= 15 is 0 Å². The summed E-state index contributed by atoms with van der Waals surface area (Å²) in [5, 5.41) is 5.32. The molecular formula is C37H50N4O11. The van der Waals surface area contributed by atoms with Gasteiger partial charge >= 0.3 is 18.2 Å². The van der Waals surface area contributed by atoms with E-state index in [1.165, 1.54) is 11.8 Å². The molecule has 0 saturated carbocycles. The summed E-state index contributed by atoms with van der Waals surface area (Å²) in [6.07, 6.45) is -3.65. The van der Waals surface area contributed by atoms with Gasteiger partial charge in [-0.25, -0.2) is 14.4 Å². The summed E-state index contributed by atoms with van der Waals surface area (Å²) in [5.41, 5.74) is 5.39. The number of esters is 1. The molecule has 1 aliphatic rings. The van der Waals surface area contributed by atoms with Crippen LogP contribution in [0.1, 0.15) is 65.9 Å². The van der Waals surface area contributed by atoms with Gasteiger partial charge in [0.1, 0.15) is 23.6 Å². The molecular weight excluding hydrogens is 676 g/mol.